The second-order valence-electron chi connectivity index (χ2n) is 8.40. The van der Waals surface area contributed by atoms with Crippen molar-refractivity contribution >= 4 is 17.1 Å². The fourth-order valence-electron chi connectivity index (χ4n) is 3.26. The largest absolute Gasteiger partial charge is 0.451 e. The monoisotopic (exact) mass is 445 g/mol. The van der Waals surface area contributed by atoms with Gasteiger partial charge in [-0.05, 0) is 32.9 Å². The summed E-state index contributed by atoms with van der Waals surface area (Å²) in [7, 11) is 1.61. The Morgan fingerprint density at radius 1 is 1.19 bits per heavy atom. The molecule has 0 unspecified atom stereocenters. The zero-order valence-corrected chi connectivity index (χ0v) is 18.7. The van der Waals surface area contributed by atoms with Crippen LogP contribution in [0.4, 0.5) is 4.79 Å². The minimum atomic E-state index is -0.511. The van der Waals surface area contributed by atoms with E-state index in [1.54, 1.807) is 29.3 Å². The summed E-state index contributed by atoms with van der Waals surface area (Å²) in [6.07, 6.45) is 1.36. The standard InChI is InChI=1S/C21H27N5O6/c1-21(2,3)31-20(27)25-7-9-26(10-8-25)29-13-18-23-19(32-24-18)17-11-14-15(12-28-4)22-6-5-16(14)30-17/h5-6,11H,7-10,12-13H2,1-4H3. The maximum absolute atomic E-state index is 12.2. The summed E-state index contributed by atoms with van der Waals surface area (Å²) in [6.45, 7) is 8.23. The van der Waals surface area contributed by atoms with Crippen molar-refractivity contribution in [3.63, 3.8) is 0 Å². The predicted octanol–water partition coefficient (Wildman–Crippen LogP) is 3.01. The number of piperazine rings is 1. The number of amides is 1. The average molecular weight is 445 g/mol. The molecule has 0 spiro atoms. The van der Waals surface area contributed by atoms with Gasteiger partial charge < -0.3 is 23.3 Å². The van der Waals surface area contributed by atoms with Crippen LogP contribution in [0.2, 0.25) is 0 Å². The SMILES string of the molecule is COCc1nccc2oc(-c3nc(CON4CCN(C(=O)OC(C)(C)C)CC4)no3)cc12. The molecule has 11 nitrogen and oxygen atoms in total. The van der Waals surface area contributed by atoms with E-state index in [4.69, 9.17) is 23.3 Å². The summed E-state index contributed by atoms with van der Waals surface area (Å²) >= 11 is 0. The Bertz CT molecular complexity index is 1060. The van der Waals surface area contributed by atoms with Gasteiger partial charge in [-0.15, -0.1) is 0 Å². The summed E-state index contributed by atoms with van der Waals surface area (Å²) in [5.74, 6) is 1.11. The molecule has 0 radical (unpaired) electrons. The zero-order chi connectivity index (χ0) is 22.7. The van der Waals surface area contributed by atoms with Crippen molar-refractivity contribution < 1.29 is 28.0 Å². The Morgan fingerprint density at radius 2 is 1.97 bits per heavy atom. The molecule has 172 valence electrons. The lowest BCUT2D eigenvalue weighted by Crippen LogP contribution is -2.49. The van der Waals surface area contributed by atoms with E-state index in [1.807, 2.05) is 26.8 Å². The second kappa shape index (κ2) is 9.23. The zero-order valence-electron chi connectivity index (χ0n) is 18.7. The van der Waals surface area contributed by atoms with Crippen molar-refractivity contribution in [3.05, 3.63) is 29.8 Å². The Morgan fingerprint density at radius 3 is 2.69 bits per heavy atom. The molecule has 0 atom stereocenters. The number of furan rings is 1. The molecule has 0 N–H and O–H groups in total. The minimum Gasteiger partial charge on any atom is -0.451 e. The minimum absolute atomic E-state index is 0.145. The molecule has 1 amide bonds. The van der Waals surface area contributed by atoms with Crippen LogP contribution >= 0.6 is 0 Å². The highest BCUT2D eigenvalue weighted by Gasteiger charge is 2.26. The number of ether oxygens (including phenoxy) is 2. The van der Waals surface area contributed by atoms with Crippen molar-refractivity contribution in [1.29, 1.82) is 0 Å². The Labute approximate surface area is 185 Å². The molecule has 1 aliphatic rings. The van der Waals surface area contributed by atoms with Gasteiger partial charge in [0, 0.05) is 44.9 Å². The first kappa shape index (κ1) is 22.2. The first-order valence-corrected chi connectivity index (χ1v) is 10.4. The van der Waals surface area contributed by atoms with E-state index in [0.29, 0.717) is 50.0 Å². The highest BCUT2D eigenvalue weighted by Crippen LogP contribution is 2.28. The molecule has 0 aromatic carbocycles. The average Bonchev–Trinajstić information content (AvgIpc) is 3.39. The van der Waals surface area contributed by atoms with Crippen LogP contribution in [-0.4, -0.2) is 70.1 Å². The van der Waals surface area contributed by atoms with Gasteiger partial charge in [-0.1, -0.05) is 5.16 Å². The van der Waals surface area contributed by atoms with Crippen molar-refractivity contribution in [3.8, 4) is 11.7 Å². The molecule has 1 saturated heterocycles. The summed E-state index contributed by atoms with van der Waals surface area (Å²) in [5, 5.41) is 6.58. The van der Waals surface area contributed by atoms with Gasteiger partial charge in [0.2, 0.25) is 0 Å². The van der Waals surface area contributed by atoms with Crippen LogP contribution in [0, 0.1) is 0 Å². The van der Waals surface area contributed by atoms with Gasteiger partial charge in [-0.2, -0.15) is 10.0 Å². The molecule has 0 aliphatic carbocycles. The van der Waals surface area contributed by atoms with E-state index in [1.165, 1.54) is 0 Å². The number of hydroxylamine groups is 2. The van der Waals surface area contributed by atoms with Crippen LogP contribution in [-0.2, 0) is 27.5 Å². The van der Waals surface area contributed by atoms with Crippen LogP contribution in [0.5, 0.6) is 0 Å². The topological polar surface area (TPSA) is 116 Å². The van der Waals surface area contributed by atoms with Crippen LogP contribution < -0.4 is 0 Å². The van der Waals surface area contributed by atoms with Crippen LogP contribution in [0.3, 0.4) is 0 Å². The summed E-state index contributed by atoms with van der Waals surface area (Å²) in [4.78, 5) is 28.3. The molecule has 1 aliphatic heterocycles. The van der Waals surface area contributed by atoms with E-state index < -0.39 is 5.60 Å². The van der Waals surface area contributed by atoms with E-state index in [9.17, 15) is 4.79 Å². The Kier molecular flexibility index (Phi) is 6.40. The maximum atomic E-state index is 12.2. The third-order valence-corrected chi connectivity index (χ3v) is 4.75. The maximum Gasteiger partial charge on any atom is 0.410 e. The van der Waals surface area contributed by atoms with E-state index in [2.05, 4.69) is 15.1 Å². The number of hydrogen-bond donors (Lipinski definition) is 0. The van der Waals surface area contributed by atoms with E-state index >= 15 is 0 Å². The number of nitrogens with zero attached hydrogens (tertiary/aromatic N) is 5. The third-order valence-electron chi connectivity index (χ3n) is 4.75. The quantitative estimate of drug-likeness (QED) is 0.560. The third kappa shape index (κ3) is 5.23. The first-order valence-electron chi connectivity index (χ1n) is 10.4. The van der Waals surface area contributed by atoms with Gasteiger partial charge in [0.25, 0.3) is 5.89 Å². The fraction of sp³-hybridized carbons (Fsp3) is 0.524. The van der Waals surface area contributed by atoms with E-state index in [0.717, 1.165) is 11.1 Å². The van der Waals surface area contributed by atoms with Crippen LogP contribution in [0.25, 0.3) is 22.6 Å². The Balaban J connectivity index is 1.31. The number of pyridine rings is 1. The van der Waals surface area contributed by atoms with Gasteiger partial charge in [-0.3, -0.25) is 9.82 Å². The molecule has 4 rings (SSSR count). The van der Waals surface area contributed by atoms with Gasteiger partial charge in [0.05, 0.1) is 12.3 Å². The number of methoxy groups -OCH3 is 1. The number of rotatable bonds is 6. The number of hydrogen-bond acceptors (Lipinski definition) is 10. The lowest BCUT2D eigenvalue weighted by molar-refractivity contribution is -0.186. The van der Waals surface area contributed by atoms with Crippen molar-refractivity contribution in [1.82, 2.24) is 25.1 Å². The molecule has 0 bridgehead atoms. The molecular weight excluding hydrogens is 418 g/mol. The molecule has 3 aromatic rings. The lowest BCUT2D eigenvalue weighted by atomic mass is 10.2. The Hall–Kier alpha value is -3.02. The lowest BCUT2D eigenvalue weighted by Gasteiger charge is -2.34. The van der Waals surface area contributed by atoms with Crippen LogP contribution in [0.1, 0.15) is 32.3 Å². The van der Waals surface area contributed by atoms with Crippen molar-refractivity contribution in [2.24, 2.45) is 0 Å². The van der Waals surface area contributed by atoms with Gasteiger partial charge in [0.1, 0.15) is 17.8 Å². The van der Waals surface area contributed by atoms with Gasteiger partial charge in [0.15, 0.2) is 11.6 Å². The molecule has 4 heterocycles. The molecule has 0 saturated carbocycles. The number of carbonyl (C=O) groups excluding carboxylic acids is 1. The van der Waals surface area contributed by atoms with Crippen LogP contribution in [0.15, 0.2) is 27.3 Å². The number of carbonyl (C=O) groups is 1. The smallest absolute Gasteiger partial charge is 0.410 e. The summed E-state index contributed by atoms with van der Waals surface area (Å²) in [6, 6.07) is 3.58. The predicted molar refractivity (Wildman–Crippen MR) is 112 cm³/mol. The number of aromatic nitrogens is 3. The molecule has 1 fully saturated rings. The highest BCUT2D eigenvalue weighted by atomic mass is 16.7. The molecule has 32 heavy (non-hydrogen) atoms. The fourth-order valence-corrected chi connectivity index (χ4v) is 3.26. The van der Waals surface area contributed by atoms with E-state index in [-0.39, 0.29) is 18.6 Å². The number of fused-ring (bicyclic) bond motifs is 1. The molecular formula is C21H27N5O6. The van der Waals surface area contributed by atoms with Gasteiger partial charge in [-0.25, -0.2) is 4.79 Å². The first-order chi connectivity index (χ1) is 15.3. The summed E-state index contributed by atoms with van der Waals surface area (Å²) < 4.78 is 21.8. The molecule has 3 aromatic heterocycles. The van der Waals surface area contributed by atoms with Gasteiger partial charge >= 0.3 is 6.09 Å². The second-order valence-corrected chi connectivity index (χ2v) is 8.40. The van der Waals surface area contributed by atoms with Crippen molar-refractivity contribution in [2.45, 2.75) is 39.6 Å². The highest BCUT2D eigenvalue weighted by molar-refractivity contribution is 5.83. The molecule has 11 heteroatoms. The summed E-state index contributed by atoms with van der Waals surface area (Å²) in [5.41, 5.74) is 0.928. The van der Waals surface area contributed by atoms with Crippen molar-refractivity contribution in [2.75, 3.05) is 33.3 Å². The normalized spacial score (nSPS) is 15.4.